The fourth-order valence-corrected chi connectivity index (χ4v) is 1.66. The van der Waals surface area contributed by atoms with Gasteiger partial charge in [0.25, 0.3) is 0 Å². The van der Waals surface area contributed by atoms with Crippen LogP contribution in [-0.4, -0.2) is 16.8 Å². The molecule has 0 saturated carbocycles. The SMILES string of the molecule is C#CCOc1ccccc1CNCc1cccnn1. The summed E-state index contributed by atoms with van der Waals surface area (Å²) < 4.78 is 5.48. The first kappa shape index (κ1) is 13.1. The Morgan fingerprint density at radius 2 is 2.05 bits per heavy atom. The highest BCUT2D eigenvalue weighted by Gasteiger charge is 2.02. The van der Waals surface area contributed by atoms with Gasteiger partial charge in [-0.2, -0.15) is 10.2 Å². The third-order valence-electron chi connectivity index (χ3n) is 2.53. The van der Waals surface area contributed by atoms with Crippen molar-refractivity contribution in [2.45, 2.75) is 13.1 Å². The molecule has 96 valence electrons. The van der Waals surface area contributed by atoms with Crippen molar-refractivity contribution in [3.8, 4) is 18.1 Å². The molecule has 2 aromatic rings. The second kappa shape index (κ2) is 7.14. The van der Waals surface area contributed by atoms with Gasteiger partial charge in [0.15, 0.2) is 0 Å². The molecule has 4 heteroatoms. The maximum Gasteiger partial charge on any atom is 0.148 e. The normalized spacial score (nSPS) is 9.84. The number of para-hydroxylation sites is 1. The molecule has 4 nitrogen and oxygen atoms in total. The molecule has 0 aliphatic carbocycles. The molecular weight excluding hydrogens is 238 g/mol. The molecule has 1 heterocycles. The molecule has 0 aliphatic heterocycles. The third kappa shape index (κ3) is 4.09. The fourth-order valence-electron chi connectivity index (χ4n) is 1.66. The van der Waals surface area contributed by atoms with Crippen molar-refractivity contribution in [2.24, 2.45) is 0 Å². The summed E-state index contributed by atoms with van der Waals surface area (Å²) in [5.74, 6) is 3.28. The number of hydrogen-bond acceptors (Lipinski definition) is 4. The zero-order valence-corrected chi connectivity index (χ0v) is 10.5. The number of benzene rings is 1. The van der Waals surface area contributed by atoms with Gasteiger partial charge in [-0.15, -0.1) is 6.42 Å². The van der Waals surface area contributed by atoms with E-state index in [2.05, 4.69) is 21.4 Å². The molecule has 0 unspecified atom stereocenters. The first-order valence-electron chi connectivity index (χ1n) is 6.01. The summed E-state index contributed by atoms with van der Waals surface area (Å²) in [5.41, 5.74) is 1.98. The second-order valence-corrected chi connectivity index (χ2v) is 3.92. The van der Waals surface area contributed by atoms with E-state index in [0.29, 0.717) is 13.1 Å². The molecule has 1 N–H and O–H groups in total. The van der Waals surface area contributed by atoms with Gasteiger partial charge in [0, 0.05) is 24.8 Å². The lowest BCUT2D eigenvalue weighted by Crippen LogP contribution is -2.14. The van der Waals surface area contributed by atoms with Crippen LogP contribution in [0.15, 0.2) is 42.6 Å². The maximum absolute atomic E-state index is 5.48. The van der Waals surface area contributed by atoms with Gasteiger partial charge in [-0.3, -0.25) is 0 Å². The molecule has 0 fully saturated rings. The number of ether oxygens (including phenoxy) is 1. The third-order valence-corrected chi connectivity index (χ3v) is 2.53. The summed E-state index contributed by atoms with van der Waals surface area (Å²) in [7, 11) is 0. The van der Waals surface area contributed by atoms with Crippen LogP contribution in [0.3, 0.4) is 0 Å². The highest BCUT2D eigenvalue weighted by Crippen LogP contribution is 2.17. The Balaban J connectivity index is 1.90. The van der Waals surface area contributed by atoms with Crippen molar-refractivity contribution >= 4 is 0 Å². The lowest BCUT2D eigenvalue weighted by atomic mass is 10.2. The molecule has 2 rings (SSSR count). The molecule has 0 spiro atoms. The summed E-state index contributed by atoms with van der Waals surface area (Å²) in [4.78, 5) is 0. The van der Waals surface area contributed by atoms with Crippen LogP contribution in [0, 0.1) is 12.3 Å². The van der Waals surface area contributed by atoms with Crippen LogP contribution in [0.25, 0.3) is 0 Å². The van der Waals surface area contributed by atoms with E-state index in [1.165, 1.54) is 0 Å². The molecule has 0 amide bonds. The Labute approximate surface area is 112 Å². The largest absolute Gasteiger partial charge is 0.481 e. The predicted molar refractivity (Wildman–Crippen MR) is 73.3 cm³/mol. The van der Waals surface area contributed by atoms with Crippen molar-refractivity contribution < 1.29 is 4.74 Å². The van der Waals surface area contributed by atoms with E-state index < -0.39 is 0 Å². The smallest absolute Gasteiger partial charge is 0.148 e. The Morgan fingerprint density at radius 1 is 1.16 bits per heavy atom. The number of aromatic nitrogens is 2. The second-order valence-electron chi connectivity index (χ2n) is 3.92. The average molecular weight is 253 g/mol. The maximum atomic E-state index is 5.48. The van der Waals surface area contributed by atoms with Gasteiger partial charge in [-0.05, 0) is 18.2 Å². The Morgan fingerprint density at radius 3 is 2.84 bits per heavy atom. The lowest BCUT2D eigenvalue weighted by molar-refractivity contribution is 0.364. The number of rotatable bonds is 6. The van der Waals surface area contributed by atoms with Gasteiger partial charge in [0.2, 0.25) is 0 Å². The fraction of sp³-hybridized carbons (Fsp3) is 0.200. The van der Waals surface area contributed by atoms with Crippen LogP contribution < -0.4 is 10.1 Å². The Hall–Kier alpha value is -2.38. The van der Waals surface area contributed by atoms with Crippen molar-refractivity contribution in [1.29, 1.82) is 0 Å². The van der Waals surface area contributed by atoms with Gasteiger partial charge in [0.1, 0.15) is 12.4 Å². The molecule has 0 atom stereocenters. The highest BCUT2D eigenvalue weighted by molar-refractivity contribution is 5.33. The van der Waals surface area contributed by atoms with E-state index >= 15 is 0 Å². The molecule has 1 aromatic carbocycles. The molecule has 1 aromatic heterocycles. The predicted octanol–water partition coefficient (Wildman–Crippen LogP) is 1.78. The van der Waals surface area contributed by atoms with Gasteiger partial charge >= 0.3 is 0 Å². The molecule has 0 bridgehead atoms. The minimum Gasteiger partial charge on any atom is -0.481 e. The molecule has 0 radical (unpaired) electrons. The zero-order chi connectivity index (χ0) is 13.3. The first-order chi connectivity index (χ1) is 9.40. The Kier molecular flexibility index (Phi) is 4.91. The molecular formula is C15H15N3O. The molecule has 19 heavy (non-hydrogen) atoms. The average Bonchev–Trinajstić information content (AvgIpc) is 2.47. The summed E-state index contributed by atoms with van der Waals surface area (Å²) in [5, 5.41) is 11.1. The van der Waals surface area contributed by atoms with E-state index in [1.807, 2.05) is 36.4 Å². The summed E-state index contributed by atoms with van der Waals surface area (Å²) in [6.07, 6.45) is 6.86. The van der Waals surface area contributed by atoms with E-state index in [1.54, 1.807) is 6.20 Å². The minimum atomic E-state index is 0.279. The first-order valence-corrected chi connectivity index (χ1v) is 6.01. The van der Waals surface area contributed by atoms with Gasteiger partial charge in [-0.25, -0.2) is 0 Å². The monoisotopic (exact) mass is 253 g/mol. The van der Waals surface area contributed by atoms with Crippen molar-refractivity contribution in [3.05, 3.63) is 53.9 Å². The zero-order valence-electron chi connectivity index (χ0n) is 10.5. The van der Waals surface area contributed by atoms with Crippen LogP contribution in [0.1, 0.15) is 11.3 Å². The van der Waals surface area contributed by atoms with Crippen molar-refractivity contribution in [1.82, 2.24) is 15.5 Å². The van der Waals surface area contributed by atoms with Crippen molar-refractivity contribution in [3.63, 3.8) is 0 Å². The van der Waals surface area contributed by atoms with E-state index in [0.717, 1.165) is 17.0 Å². The lowest BCUT2D eigenvalue weighted by Gasteiger charge is -2.10. The highest BCUT2D eigenvalue weighted by atomic mass is 16.5. The molecule has 0 aliphatic rings. The quantitative estimate of drug-likeness (QED) is 0.797. The Bertz CT molecular complexity index is 549. The van der Waals surface area contributed by atoms with Crippen LogP contribution in [0.4, 0.5) is 0 Å². The summed E-state index contributed by atoms with van der Waals surface area (Å²) >= 11 is 0. The molecule has 0 saturated heterocycles. The number of nitrogens with one attached hydrogen (secondary N) is 1. The van der Waals surface area contributed by atoms with Gasteiger partial charge in [-0.1, -0.05) is 24.1 Å². The van der Waals surface area contributed by atoms with E-state index in [9.17, 15) is 0 Å². The minimum absolute atomic E-state index is 0.279. The number of hydrogen-bond donors (Lipinski definition) is 1. The topological polar surface area (TPSA) is 47.0 Å². The van der Waals surface area contributed by atoms with Crippen molar-refractivity contribution in [2.75, 3.05) is 6.61 Å². The number of terminal acetylenes is 1. The van der Waals surface area contributed by atoms with Gasteiger partial charge < -0.3 is 10.1 Å². The van der Waals surface area contributed by atoms with E-state index in [-0.39, 0.29) is 6.61 Å². The van der Waals surface area contributed by atoms with E-state index in [4.69, 9.17) is 11.2 Å². The van der Waals surface area contributed by atoms with Crippen LogP contribution in [0.5, 0.6) is 5.75 Å². The standard InChI is InChI=1S/C15H15N3O/c1-2-10-19-15-8-4-3-6-13(15)11-16-12-14-7-5-9-17-18-14/h1,3-9,16H,10-12H2. The van der Waals surface area contributed by atoms with Gasteiger partial charge in [0.05, 0.1) is 5.69 Å². The van der Waals surface area contributed by atoms with Crippen LogP contribution in [-0.2, 0) is 13.1 Å². The van der Waals surface area contributed by atoms with Crippen LogP contribution >= 0.6 is 0 Å². The summed E-state index contributed by atoms with van der Waals surface area (Å²) in [6.45, 7) is 1.63. The summed E-state index contributed by atoms with van der Waals surface area (Å²) in [6, 6.07) is 11.6. The number of nitrogens with zero attached hydrogens (tertiary/aromatic N) is 2. The van der Waals surface area contributed by atoms with Crippen LogP contribution in [0.2, 0.25) is 0 Å².